The normalized spacial score (nSPS) is 11.2. The van der Waals surface area contributed by atoms with Crippen molar-refractivity contribution in [2.45, 2.75) is 6.42 Å². The second-order valence-electron chi connectivity index (χ2n) is 5.03. The lowest BCUT2D eigenvalue weighted by Crippen LogP contribution is -1.97. The molecule has 23 heavy (non-hydrogen) atoms. The lowest BCUT2D eigenvalue weighted by molar-refractivity contribution is 0.854. The first-order valence-corrected chi connectivity index (χ1v) is 8.89. The van der Waals surface area contributed by atoms with E-state index in [1.807, 2.05) is 53.0 Å². The molecule has 0 N–H and O–H groups in total. The highest BCUT2D eigenvalue weighted by Crippen LogP contribution is 2.27. The van der Waals surface area contributed by atoms with E-state index in [0.717, 1.165) is 36.4 Å². The second-order valence-corrected chi connectivity index (χ2v) is 7.34. The molecule has 2 aromatic heterocycles. The predicted octanol–water partition coefficient (Wildman–Crippen LogP) is 4.86. The molecule has 7 heteroatoms. The molecule has 0 fully saturated rings. The van der Waals surface area contributed by atoms with Crippen molar-refractivity contribution in [2.24, 2.45) is 0 Å². The van der Waals surface area contributed by atoms with E-state index < -0.39 is 0 Å². The number of hydrogen-bond donors (Lipinski definition) is 0. The number of fused-ring (bicyclic) bond motifs is 1. The number of benzene rings is 2. The number of rotatable bonds is 3. The minimum absolute atomic E-state index is 0.668. The highest BCUT2D eigenvalue weighted by atomic mass is 79.9. The molecule has 0 saturated carbocycles. The fraction of sp³-hybridized carbons (Fsp3) is 0.0625. The van der Waals surface area contributed by atoms with E-state index in [9.17, 15) is 0 Å². The van der Waals surface area contributed by atoms with Crippen molar-refractivity contribution in [1.82, 2.24) is 19.8 Å². The molecule has 0 saturated heterocycles. The fourth-order valence-electron chi connectivity index (χ4n) is 2.26. The van der Waals surface area contributed by atoms with E-state index in [0.29, 0.717) is 6.42 Å². The third kappa shape index (κ3) is 3.02. The zero-order valence-electron chi connectivity index (χ0n) is 11.8. The van der Waals surface area contributed by atoms with Gasteiger partial charge in [0.15, 0.2) is 5.82 Å². The summed E-state index contributed by atoms with van der Waals surface area (Å²) in [6.45, 7) is 0. The summed E-state index contributed by atoms with van der Waals surface area (Å²) in [4.78, 5) is 0.798. The monoisotopic (exact) mass is 404 g/mol. The van der Waals surface area contributed by atoms with Crippen molar-refractivity contribution in [3.63, 3.8) is 0 Å². The molecule has 2 aromatic carbocycles. The van der Waals surface area contributed by atoms with Gasteiger partial charge in [-0.1, -0.05) is 63.1 Å². The molecular formula is C16H10BrClN4S. The van der Waals surface area contributed by atoms with Crippen LogP contribution in [0.1, 0.15) is 11.4 Å². The summed E-state index contributed by atoms with van der Waals surface area (Å²) >= 11 is 10.9. The van der Waals surface area contributed by atoms with E-state index in [2.05, 4.69) is 31.2 Å². The summed E-state index contributed by atoms with van der Waals surface area (Å²) in [5.41, 5.74) is 2.20. The van der Waals surface area contributed by atoms with Gasteiger partial charge in [-0.05, 0) is 29.8 Å². The maximum Gasteiger partial charge on any atom is 0.234 e. The Balaban J connectivity index is 1.69. The Morgan fingerprint density at radius 3 is 2.48 bits per heavy atom. The van der Waals surface area contributed by atoms with Crippen molar-refractivity contribution in [3.8, 4) is 10.6 Å². The van der Waals surface area contributed by atoms with Crippen LogP contribution in [0, 0.1) is 0 Å². The third-order valence-corrected chi connectivity index (χ3v) is 5.15. The van der Waals surface area contributed by atoms with E-state index in [1.54, 1.807) is 0 Å². The molecule has 0 aliphatic rings. The summed E-state index contributed by atoms with van der Waals surface area (Å²) in [6, 6.07) is 15.8. The molecule has 0 aliphatic carbocycles. The predicted molar refractivity (Wildman–Crippen MR) is 96.1 cm³/mol. The standard InChI is InChI=1S/C16H10BrClN4S/c17-12-5-3-11(4-6-12)15-21-22-14(19-20-16(22)23-15)9-10-1-7-13(18)8-2-10/h1-8H,9H2. The van der Waals surface area contributed by atoms with Crippen LogP contribution in [0.4, 0.5) is 0 Å². The maximum atomic E-state index is 5.92. The molecule has 4 rings (SSSR count). The lowest BCUT2D eigenvalue weighted by Gasteiger charge is -1.99. The third-order valence-electron chi connectivity index (χ3n) is 3.42. The van der Waals surface area contributed by atoms with Gasteiger partial charge in [-0.2, -0.15) is 9.61 Å². The number of hydrogen-bond acceptors (Lipinski definition) is 4. The van der Waals surface area contributed by atoms with E-state index in [-0.39, 0.29) is 0 Å². The van der Waals surface area contributed by atoms with Gasteiger partial charge in [-0.15, -0.1) is 10.2 Å². The average Bonchev–Trinajstić information content (AvgIpc) is 3.12. The Morgan fingerprint density at radius 1 is 1.00 bits per heavy atom. The van der Waals surface area contributed by atoms with Gasteiger partial charge in [0, 0.05) is 21.5 Å². The van der Waals surface area contributed by atoms with Crippen molar-refractivity contribution in [1.29, 1.82) is 0 Å². The molecule has 2 heterocycles. The van der Waals surface area contributed by atoms with Gasteiger partial charge in [0.05, 0.1) is 0 Å². The highest BCUT2D eigenvalue weighted by molar-refractivity contribution is 9.10. The number of nitrogens with zero attached hydrogens (tertiary/aromatic N) is 4. The van der Waals surface area contributed by atoms with Crippen molar-refractivity contribution < 1.29 is 0 Å². The van der Waals surface area contributed by atoms with Gasteiger partial charge in [-0.25, -0.2) is 0 Å². The summed E-state index contributed by atoms with van der Waals surface area (Å²) in [5.74, 6) is 0.821. The Labute approximate surface area is 149 Å². The van der Waals surface area contributed by atoms with Crippen LogP contribution in [0.25, 0.3) is 15.5 Å². The highest BCUT2D eigenvalue weighted by Gasteiger charge is 2.13. The Hall–Kier alpha value is -1.76. The fourth-order valence-corrected chi connectivity index (χ4v) is 3.52. The quantitative estimate of drug-likeness (QED) is 0.489. The second kappa shape index (κ2) is 6.03. The SMILES string of the molecule is Clc1ccc(Cc2nnc3sc(-c4ccc(Br)cc4)nn23)cc1. The largest absolute Gasteiger partial charge is 0.234 e. The number of aromatic nitrogens is 4. The van der Waals surface area contributed by atoms with Crippen LogP contribution in [-0.2, 0) is 6.42 Å². The van der Waals surface area contributed by atoms with Gasteiger partial charge in [0.25, 0.3) is 0 Å². The molecule has 4 nitrogen and oxygen atoms in total. The number of halogens is 2. The summed E-state index contributed by atoms with van der Waals surface area (Å²) in [6.07, 6.45) is 0.668. The first kappa shape index (κ1) is 14.8. The van der Waals surface area contributed by atoms with E-state index in [4.69, 9.17) is 11.6 Å². The summed E-state index contributed by atoms with van der Waals surface area (Å²) < 4.78 is 2.86. The lowest BCUT2D eigenvalue weighted by atomic mass is 10.1. The molecule has 0 unspecified atom stereocenters. The molecule has 0 radical (unpaired) electrons. The van der Waals surface area contributed by atoms with Crippen LogP contribution >= 0.6 is 38.9 Å². The zero-order chi connectivity index (χ0) is 15.8. The van der Waals surface area contributed by atoms with Crippen LogP contribution in [0.5, 0.6) is 0 Å². The van der Waals surface area contributed by atoms with Crippen LogP contribution in [-0.4, -0.2) is 19.8 Å². The molecule has 4 aromatic rings. The van der Waals surface area contributed by atoms with Crippen LogP contribution in [0.2, 0.25) is 5.02 Å². The minimum atomic E-state index is 0.668. The molecule has 0 amide bonds. The van der Waals surface area contributed by atoms with Crippen LogP contribution in [0.3, 0.4) is 0 Å². The molecule has 114 valence electrons. The van der Waals surface area contributed by atoms with Gasteiger partial charge in [-0.3, -0.25) is 0 Å². The summed E-state index contributed by atoms with van der Waals surface area (Å²) in [5, 5.41) is 14.8. The van der Waals surface area contributed by atoms with Crippen LogP contribution < -0.4 is 0 Å². The van der Waals surface area contributed by atoms with Crippen molar-refractivity contribution in [2.75, 3.05) is 0 Å². The zero-order valence-corrected chi connectivity index (χ0v) is 14.9. The maximum absolute atomic E-state index is 5.92. The Morgan fingerprint density at radius 2 is 1.74 bits per heavy atom. The van der Waals surface area contributed by atoms with Gasteiger partial charge >= 0.3 is 0 Å². The smallest absolute Gasteiger partial charge is 0.187 e. The molecule has 0 spiro atoms. The van der Waals surface area contributed by atoms with Crippen molar-refractivity contribution >= 4 is 43.8 Å². The Kier molecular flexibility index (Phi) is 3.88. The molecule has 0 bridgehead atoms. The van der Waals surface area contributed by atoms with Gasteiger partial charge in [0.1, 0.15) is 5.01 Å². The van der Waals surface area contributed by atoms with Crippen LogP contribution in [0.15, 0.2) is 53.0 Å². The molecule has 0 atom stereocenters. The first-order valence-electron chi connectivity index (χ1n) is 6.90. The molecular weight excluding hydrogens is 396 g/mol. The minimum Gasteiger partial charge on any atom is -0.187 e. The molecule has 0 aliphatic heterocycles. The van der Waals surface area contributed by atoms with Gasteiger partial charge < -0.3 is 0 Å². The van der Waals surface area contributed by atoms with E-state index >= 15 is 0 Å². The van der Waals surface area contributed by atoms with E-state index in [1.165, 1.54) is 11.3 Å². The Bertz CT molecular complexity index is 960. The first-order chi connectivity index (χ1) is 11.2. The van der Waals surface area contributed by atoms with Crippen molar-refractivity contribution in [3.05, 3.63) is 69.4 Å². The summed E-state index contributed by atoms with van der Waals surface area (Å²) in [7, 11) is 0. The topological polar surface area (TPSA) is 43.1 Å². The van der Waals surface area contributed by atoms with Gasteiger partial charge in [0.2, 0.25) is 4.96 Å². The average molecular weight is 406 g/mol.